The number of likely N-dealkylation sites (N-methyl/N-ethyl adjacent to an activating group) is 1. The summed E-state index contributed by atoms with van der Waals surface area (Å²) in [6.07, 6.45) is 2.54. The standard InChI is InChI=1S/C21H26N4O2S/c1-13(2)22-18(26)10-24(3)11-19-23-17(12-28-19)15-7-14-5-4-6-25-20(27)9-16(8-15)21(14)25/h7-8,12-13H,4-6,9-11H2,1-3H3,(H,22,26). The van der Waals surface area contributed by atoms with Crippen LogP contribution in [0.1, 0.15) is 36.4 Å². The first-order valence-corrected chi connectivity index (χ1v) is 10.7. The van der Waals surface area contributed by atoms with Crippen LogP contribution < -0.4 is 10.2 Å². The van der Waals surface area contributed by atoms with Crippen LogP contribution in [-0.2, 0) is 29.0 Å². The molecule has 6 nitrogen and oxygen atoms in total. The Hall–Kier alpha value is -2.25. The van der Waals surface area contributed by atoms with Gasteiger partial charge in [0, 0.05) is 23.5 Å². The molecule has 0 spiro atoms. The molecule has 0 saturated carbocycles. The van der Waals surface area contributed by atoms with E-state index < -0.39 is 0 Å². The van der Waals surface area contributed by atoms with Crippen molar-refractivity contribution in [3.05, 3.63) is 33.6 Å². The first-order valence-electron chi connectivity index (χ1n) is 9.79. The zero-order chi connectivity index (χ0) is 19.8. The van der Waals surface area contributed by atoms with Crippen LogP contribution in [0.5, 0.6) is 0 Å². The molecule has 0 saturated heterocycles. The van der Waals surface area contributed by atoms with Crippen LogP contribution in [0.4, 0.5) is 5.69 Å². The highest BCUT2D eigenvalue weighted by Gasteiger charge is 2.32. The summed E-state index contributed by atoms with van der Waals surface area (Å²) < 4.78 is 0. The normalized spacial score (nSPS) is 15.5. The number of nitrogens with one attached hydrogen (secondary N) is 1. The SMILES string of the molecule is CC(C)NC(=O)CN(C)Cc1nc(-c2cc3c4c(c2)CC(=O)N4CCC3)cs1. The number of benzene rings is 1. The second kappa shape index (κ2) is 7.64. The van der Waals surface area contributed by atoms with Crippen LogP contribution in [-0.4, -0.2) is 47.9 Å². The molecule has 0 aliphatic carbocycles. The smallest absolute Gasteiger partial charge is 0.234 e. The summed E-state index contributed by atoms with van der Waals surface area (Å²) in [6, 6.07) is 4.47. The number of nitrogens with zero attached hydrogens (tertiary/aromatic N) is 3. The Kier molecular flexibility index (Phi) is 5.21. The Bertz CT molecular complexity index is 921. The molecule has 0 unspecified atom stereocenters. The van der Waals surface area contributed by atoms with Crippen molar-refractivity contribution in [2.24, 2.45) is 0 Å². The van der Waals surface area contributed by atoms with Gasteiger partial charge in [0.1, 0.15) is 5.01 Å². The molecular weight excluding hydrogens is 372 g/mol. The fourth-order valence-corrected chi connectivity index (χ4v) is 4.93. The molecule has 0 atom stereocenters. The van der Waals surface area contributed by atoms with Gasteiger partial charge in [0.25, 0.3) is 0 Å². The maximum atomic E-state index is 12.3. The average molecular weight is 399 g/mol. The third kappa shape index (κ3) is 3.82. The summed E-state index contributed by atoms with van der Waals surface area (Å²) in [7, 11) is 1.93. The van der Waals surface area contributed by atoms with Crippen LogP contribution in [0.15, 0.2) is 17.5 Å². The number of anilines is 1. The molecule has 1 aromatic carbocycles. The third-order valence-electron chi connectivity index (χ3n) is 5.12. The Balaban J connectivity index is 1.49. The minimum absolute atomic E-state index is 0.0289. The van der Waals surface area contributed by atoms with Gasteiger partial charge >= 0.3 is 0 Å². The number of carbonyl (C=O) groups excluding carboxylic acids is 2. The van der Waals surface area contributed by atoms with E-state index in [1.165, 1.54) is 5.56 Å². The van der Waals surface area contributed by atoms with E-state index in [0.29, 0.717) is 19.5 Å². The van der Waals surface area contributed by atoms with E-state index in [1.54, 1.807) is 11.3 Å². The molecule has 28 heavy (non-hydrogen) atoms. The van der Waals surface area contributed by atoms with E-state index in [9.17, 15) is 9.59 Å². The van der Waals surface area contributed by atoms with Crippen molar-refractivity contribution >= 4 is 28.8 Å². The van der Waals surface area contributed by atoms with Gasteiger partial charge in [-0.25, -0.2) is 4.98 Å². The van der Waals surface area contributed by atoms with Gasteiger partial charge in [0.2, 0.25) is 11.8 Å². The predicted octanol–water partition coefficient (Wildman–Crippen LogP) is 2.60. The Morgan fingerprint density at radius 3 is 2.93 bits per heavy atom. The number of aryl methyl sites for hydroxylation is 1. The fraction of sp³-hybridized carbons (Fsp3) is 0.476. The lowest BCUT2D eigenvalue weighted by atomic mass is 9.96. The maximum absolute atomic E-state index is 12.3. The lowest BCUT2D eigenvalue weighted by molar-refractivity contribution is -0.122. The number of thiazole rings is 1. The zero-order valence-corrected chi connectivity index (χ0v) is 17.4. The molecule has 148 valence electrons. The van der Waals surface area contributed by atoms with E-state index in [2.05, 4.69) is 22.8 Å². The molecule has 0 radical (unpaired) electrons. The molecule has 2 aromatic rings. The Morgan fingerprint density at radius 2 is 2.14 bits per heavy atom. The number of amides is 2. The van der Waals surface area contributed by atoms with Crippen molar-refractivity contribution in [2.45, 2.75) is 45.7 Å². The highest BCUT2D eigenvalue weighted by molar-refractivity contribution is 7.09. The molecule has 2 aliphatic rings. The molecule has 7 heteroatoms. The summed E-state index contributed by atoms with van der Waals surface area (Å²) in [5.41, 5.74) is 5.59. The molecule has 0 fully saturated rings. The van der Waals surface area contributed by atoms with Crippen molar-refractivity contribution in [3.8, 4) is 11.3 Å². The Labute approximate surface area is 169 Å². The zero-order valence-electron chi connectivity index (χ0n) is 16.6. The highest BCUT2D eigenvalue weighted by Crippen LogP contribution is 2.39. The molecular formula is C21H26N4O2S. The molecule has 1 aromatic heterocycles. The lowest BCUT2D eigenvalue weighted by Crippen LogP contribution is -2.38. The summed E-state index contributed by atoms with van der Waals surface area (Å²) >= 11 is 1.61. The first kappa shape index (κ1) is 19.1. The van der Waals surface area contributed by atoms with Gasteiger partial charge in [0.05, 0.1) is 30.9 Å². The van der Waals surface area contributed by atoms with Crippen LogP contribution in [0.25, 0.3) is 11.3 Å². The second-order valence-electron chi connectivity index (χ2n) is 7.99. The van der Waals surface area contributed by atoms with Gasteiger partial charge < -0.3 is 10.2 Å². The molecule has 3 heterocycles. The second-order valence-corrected chi connectivity index (χ2v) is 8.93. The van der Waals surface area contributed by atoms with Gasteiger partial charge in [-0.2, -0.15) is 0 Å². The summed E-state index contributed by atoms with van der Waals surface area (Å²) in [4.78, 5) is 32.9. The number of hydrogen-bond acceptors (Lipinski definition) is 5. The van der Waals surface area contributed by atoms with Crippen LogP contribution >= 0.6 is 11.3 Å². The maximum Gasteiger partial charge on any atom is 0.234 e. The van der Waals surface area contributed by atoms with E-state index in [1.807, 2.05) is 30.7 Å². The number of carbonyl (C=O) groups is 2. The molecule has 4 rings (SSSR count). The van der Waals surface area contributed by atoms with E-state index in [-0.39, 0.29) is 17.9 Å². The number of rotatable bonds is 6. The van der Waals surface area contributed by atoms with Gasteiger partial charge in [0.15, 0.2) is 0 Å². The molecule has 0 bridgehead atoms. The summed E-state index contributed by atoms with van der Waals surface area (Å²) in [5, 5.41) is 5.97. The van der Waals surface area contributed by atoms with Crippen LogP contribution in [0.3, 0.4) is 0 Å². The average Bonchev–Trinajstić information content (AvgIpc) is 3.20. The summed E-state index contributed by atoms with van der Waals surface area (Å²) in [6.45, 7) is 5.76. The fourth-order valence-electron chi connectivity index (χ4n) is 4.04. The quantitative estimate of drug-likeness (QED) is 0.812. The number of hydrogen-bond donors (Lipinski definition) is 1. The minimum Gasteiger partial charge on any atom is -0.353 e. The largest absolute Gasteiger partial charge is 0.353 e. The Morgan fingerprint density at radius 1 is 1.36 bits per heavy atom. The van der Waals surface area contributed by atoms with Crippen LogP contribution in [0.2, 0.25) is 0 Å². The molecule has 2 amide bonds. The van der Waals surface area contributed by atoms with Gasteiger partial charge in [-0.1, -0.05) is 0 Å². The van der Waals surface area contributed by atoms with Gasteiger partial charge in [-0.3, -0.25) is 14.5 Å². The minimum atomic E-state index is 0.0289. The van der Waals surface area contributed by atoms with Crippen molar-refractivity contribution in [3.63, 3.8) is 0 Å². The van der Waals surface area contributed by atoms with Gasteiger partial charge in [-0.05, 0) is 57.0 Å². The summed E-state index contributed by atoms with van der Waals surface area (Å²) in [5.74, 6) is 0.245. The molecule has 2 aliphatic heterocycles. The van der Waals surface area contributed by atoms with E-state index >= 15 is 0 Å². The topological polar surface area (TPSA) is 65.5 Å². The lowest BCUT2D eigenvalue weighted by Gasteiger charge is -2.25. The van der Waals surface area contributed by atoms with Crippen molar-refractivity contribution < 1.29 is 9.59 Å². The van der Waals surface area contributed by atoms with Gasteiger partial charge in [-0.15, -0.1) is 11.3 Å². The highest BCUT2D eigenvalue weighted by atomic mass is 32.1. The predicted molar refractivity (Wildman–Crippen MR) is 112 cm³/mol. The monoisotopic (exact) mass is 398 g/mol. The van der Waals surface area contributed by atoms with Crippen LogP contribution in [0, 0.1) is 0 Å². The van der Waals surface area contributed by atoms with Crippen molar-refractivity contribution in [1.82, 2.24) is 15.2 Å². The van der Waals surface area contributed by atoms with E-state index in [4.69, 9.17) is 4.98 Å². The van der Waals surface area contributed by atoms with Crippen molar-refractivity contribution in [2.75, 3.05) is 25.0 Å². The third-order valence-corrected chi connectivity index (χ3v) is 5.96. The van der Waals surface area contributed by atoms with Crippen molar-refractivity contribution in [1.29, 1.82) is 0 Å². The van der Waals surface area contributed by atoms with E-state index in [0.717, 1.165) is 46.9 Å². The molecule has 1 N–H and O–H groups in total. The number of aromatic nitrogens is 1. The first-order chi connectivity index (χ1) is 13.4.